The number of rotatable bonds is 5. The maximum absolute atomic E-state index is 13.4. The number of thioether (sulfide) groups is 1. The first-order chi connectivity index (χ1) is 19.0. The molecule has 1 amide bonds. The lowest BCUT2D eigenvalue weighted by Crippen LogP contribution is -2.40. The molecule has 2 fully saturated rings. The van der Waals surface area contributed by atoms with Crippen LogP contribution in [0.2, 0.25) is 0 Å². The van der Waals surface area contributed by atoms with E-state index < -0.39 is 10.0 Å². The monoisotopic (exact) mass is 563 g/mol. The van der Waals surface area contributed by atoms with Crippen molar-refractivity contribution in [2.24, 2.45) is 4.99 Å². The normalized spacial score (nSPS) is 20.0. The predicted octanol–water partition coefficient (Wildman–Crippen LogP) is 4.02. The summed E-state index contributed by atoms with van der Waals surface area (Å²) in [5, 5.41) is 5.59. The number of carbonyl (C=O) groups is 1. The summed E-state index contributed by atoms with van der Waals surface area (Å²) in [6.07, 6.45) is 7.09. The van der Waals surface area contributed by atoms with E-state index in [4.69, 9.17) is 9.84 Å². The highest BCUT2D eigenvalue weighted by molar-refractivity contribution is 8.18. The number of amides is 1. The third-order valence-electron chi connectivity index (χ3n) is 7.00. The Morgan fingerprint density at radius 1 is 0.923 bits per heavy atom. The van der Waals surface area contributed by atoms with Gasteiger partial charge < -0.3 is 9.64 Å². The molecule has 39 heavy (non-hydrogen) atoms. The highest BCUT2D eigenvalue weighted by Crippen LogP contribution is 2.34. The second-order valence-electron chi connectivity index (χ2n) is 9.62. The third-order valence-corrected chi connectivity index (χ3v) is 9.94. The Balaban J connectivity index is 1.37. The maximum atomic E-state index is 13.4. The molecule has 3 aromatic rings. The number of ether oxygens (including phenoxy) is 1. The SMILES string of the molecule is O=C1N=C(N2CCCCC2)S/C1=C\c1cn(-c2ccccc2)nc1-c1cccc(S(=O)(=O)N2CCOCC2)c1. The number of aliphatic imine (C=N–C) groups is 1. The van der Waals surface area contributed by atoms with Gasteiger partial charge in [0.2, 0.25) is 10.0 Å². The second-order valence-corrected chi connectivity index (χ2v) is 12.6. The third kappa shape index (κ3) is 5.44. The number of para-hydroxylation sites is 1. The minimum absolute atomic E-state index is 0.205. The van der Waals surface area contributed by atoms with Crippen molar-refractivity contribution in [2.45, 2.75) is 24.2 Å². The molecule has 0 unspecified atom stereocenters. The van der Waals surface area contributed by atoms with Crippen molar-refractivity contribution in [3.63, 3.8) is 0 Å². The fourth-order valence-corrected chi connectivity index (χ4v) is 7.34. The van der Waals surface area contributed by atoms with Gasteiger partial charge in [0.05, 0.1) is 28.7 Å². The molecule has 0 radical (unpaired) electrons. The molecule has 0 atom stereocenters. The van der Waals surface area contributed by atoms with Crippen LogP contribution in [0, 0.1) is 0 Å². The van der Waals surface area contributed by atoms with Gasteiger partial charge in [-0.3, -0.25) is 4.79 Å². The van der Waals surface area contributed by atoms with E-state index in [1.165, 1.54) is 22.5 Å². The first-order valence-electron chi connectivity index (χ1n) is 13.1. The van der Waals surface area contributed by atoms with Crippen LogP contribution in [0.15, 0.2) is 75.6 Å². The van der Waals surface area contributed by atoms with Crippen LogP contribution < -0.4 is 0 Å². The molecule has 9 nitrogen and oxygen atoms in total. The molecule has 0 bridgehead atoms. The number of likely N-dealkylation sites (tertiary alicyclic amines) is 1. The predicted molar refractivity (Wildman–Crippen MR) is 152 cm³/mol. The summed E-state index contributed by atoms with van der Waals surface area (Å²) in [6.45, 7) is 3.23. The van der Waals surface area contributed by atoms with Gasteiger partial charge in [0.15, 0.2) is 5.17 Å². The van der Waals surface area contributed by atoms with Gasteiger partial charge in [-0.2, -0.15) is 14.4 Å². The molecule has 4 heterocycles. The zero-order valence-corrected chi connectivity index (χ0v) is 23.0. The van der Waals surface area contributed by atoms with Crippen LogP contribution in [0.4, 0.5) is 0 Å². The van der Waals surface area contributed by atoms with Crippen LogP contribution in [-0.2, 0) is 19.6 Å². The molecule has 3 aliphatic heterocycles. The van der Waals surface area contributed by atoms with Crippen molar-refractivity contribution in [3.05, 3.63) is 71.3 Å². The highest BCUT2D eigenvalue weighted by atomic mass is 32.2. The molecule has 0 aliphatic carbocycles. The average molecular weight is 564 g/mol. The van der Waals surface area contributed by atoms with Gasteiger partial charge in [-0.1, -0.05) is 30.3 Å². The van der Waals surface area contributed by atoms with Gasteiger partial charge in [-0.05, 0) is 61.4 Å². The lowest BCUT2D eigenvalue weighted by atomic mass is 10.1. The lowest BCUT2D eigenvalue weighted by Gasteiger charge is -2.27. The van der Waals surface area contributed by atoms with E-state index in [1.807, 2.05) is 48.7 Å². The minimum atomic E-state index is -3.68. The molecule has 202 valence electrons. The van der Waals surface area contributed by atoms with Crippen molar-refractivity contribution in [1.82, 2.24) is 19.0 Å². The van der Waals surface area contributed by atoms with Gasteiger partial charge in [-0.15, -0.1) is 0 Å². The number of aromatic nitrogens is 2. The fourth-order valence-electron chi connectivity index (χ4n) is 4.93. The molecule has 0 saturated carbocycles. The summed E-state index contributed by atoms with van der Waals surface area (Å²) in [7, 11) is -3.68. The van der Waals surface area contributed by atoms with Crippen LogP contribution in [-0.4, -0.2) is 77.9 Å². The summed E-state index contributed by atoms with van der Waals surface area (Å²) in [5.41, 5.74) is 2.81. The molecular weight excluding hydrogens is 534 g/mol. The summed E-state index contributed by atoms with van der Waals surface area (Å²) in [6, 6.07) is 16.5. The topological polar surface area (TPSA) is 97.1 Å². The molecule has 2 saturated heterocycles. The van der Waals surface area contributed by atoms with E-state index in [1.54, 1.807) is 22.9 Å². The number of morpholine rings is 1. The van der Waals surface area contributed by atoms with Crippen molar-refractivity contribution in [2.75, 3.05) is 39.4 Å². The van der Waals surface area contributed by atoms with E-state index in [9.17, 15) is 13.2 Å². The summed E-state index contributed by atoms with van der Waals surface area (Å²) in [4.78, 5) is 20.1. The minimum Gasteiger partial charge on any atom is -0.379 e. The van der Waals surface area contributed by atoms with E-state index in [-0.39, 0.29) is 10.8 Å². The summed E-state index contributed by atoms with van der Waals surface area (Å²) < 4.78 is 35.3. The van der Waals surface area contributed by atoms with Gasteiger partial charge >= 0.3 is 0 Å². The zero-order valence-electron chi connectivity index (χ0n) is 21.4. The molecule has 3 aliphatic rings. The number of benzene rings is 2. The average Bonchev–Trinajstić information content (AvgIpc) is 3.58. The molecule has 2 aromatic carbocycles. The Labute approximate surface area is 232 Å². The number of carbonyl (C=O) groups excluding carboxylic acids is 1. The van der Waals surface area contributed by atoms with Crippen LogP contribution in [0.25, 0.3) is 23.0 Å². The maximum Gasteiger partial charge on any atom is 0.286 e. The van der Waals surface area contributed by atoms with Crippen LogP contribution in [0.5, 0.6) is 0 Å². The Kier molecular flexibility index (Phi) is 7.39. The van der Waals surface area contributed by atoms with Crippen LogP contribution in [0.3, 0.4) is 0 Å². The lowest BCUT2D eigenvalue weighted by molar-refractivity contribution is -0.113. The molecule has 1 aromatic heterocycles. The standard InChI is InChI=1S/C28H29N5O4S2/c34-27-25(38-28(29-27)31-12-5-2-6-13-31)19-22-20-33(23-9-3-1-4-10-23)30-26(22)21-8-7-11-24(18-21)39(35,36)32-14-16-37-17-15-32/h1,3-4,7-11,18-20H,2,5-6,12-17H2/b25-19-. The van der Waals surface area contributed by atoms with Gasteiger partial charge in [0.25, 0.3) is 5.91 Å². The van der Waals surface area contributed by atoms with Crippen molar-refractivity contribution in [1.29, 1.82) is 0 Å². The Bertz CT molecular complexity index is 1540. The molecular formula is C28H29N5O4S2. The first-order valence-corrected chi connectivity index (χ1v) is 15.4. The zero-order chi connectivity index (χ0) is 26.8. The number of piperidine rings is 1. The Morgan fingerprint density at radius 3 is 2.46 bits per heavy atom. The summed E-state index contributed by atoms with van der Waals surface area (Å²) in [5.74, 6) is -0.261. The van der Waals surface area contributed by atoms with E-state index in [0.717, 1.165) is 36.8 Å². The smallest absolute Gasteiger partial charge is 0.286 e. The van der Waals surface area contributed by atoms with E-state index in [0.29, 0.717) is 48.0 Å². The molecule has 0 spiro atoms. The van der Waals surface area contributed by atoms with Gasteiger partial charge in [-0.25, -0.2) is 13.1 Å². The fraction of sp³-hybridized carbons (Fsp3) is 0.321. The first kappa shape index (κ1) is 26.0. The molecule has 6 rings (SSSR count). The Hall–Kier alpha value is -3.25. The Morgan fingerprint density at radius 2 is 1.69 bits per heavy atom. The number of sulfonamides is 1. The summed E-state index contributed by atoms with van der Waals surface area (Å²) >= 11 is 1.39. The molecule has 11 heteroatoms. The van der Waals surface area contributed by atoms with Crippen molar-refractivity contribution in [3.8, 4) is 16.9 Å². The van der Waals surface area contributed by atoms with E-state index >= 15 is 0 Å². The van der Waals surface area contributed by atoms with Crippen molar-refractivity contribution < 1.29 is 17.9 Å². The van der Waals surface area contributed by atoms with Crippen LogP contribution >= 0.6 is 11.8 Å². The van der Waals surface area contributed by atoms with Gasteiger partial charge in [0, 0.05) is 43.5 Å². The second kappa shape index (κ2) is 11.1. The number of hydrogen-bond acceptors (Lipinski definition) is 7. The van der Waals surface area contributed by atoms with Crippen LogP contribution in [0.1, 0.15) is 24.8 Å². The van der Waals surface area contributed by atoms with Crippen molar-refractivity contribution >= 4 is 38.9 Å². The highest BCUT2D eigenvalue weighted by Gasteiger charge is 2.29. The number of hydrogen-bond donors (Lipinski definition) is 0. The van der Waals surface area contributed by atoms with Gasteiger partial charge in [0.1, 0.15) is 5.69 Å². The number of amidine groups is 1. The quantitative estimate of drug-likeness (QED) is 0.433. The van der Waals surface area contributed by atoms with E-state index in [2.05, 4.69) is 9.89 Å². The largest absolute Gasteiger partial charge is 0.379 e. The molecule has 0 N–H and O–H groups in total. The number of nitrogens with zero attached hydrogens (tertiary/aromatic N) is 5.